The molecule has 0 saturated heterocycles. The number of hydrogen-bond acceptors (Lipinski definition) is 7. The average Bonchev–Trinajstić information content (AvgIpc) is 2.98. The van der Waals surface area contributed by atoms with Gasteiger partial charge in [-0.05, 0) is 42.8 Å². The van der Waals surface area contributed by atoms with Crippen molar-refractivity contribution in [3.8, 4) is 11.5 Å². The summed E-state index contributed by atoms with van der Waals surface area (Å²) in [6.45, 7) is 1.93. The van der Waals surface area contributed by atoms with E-state index in [4.69, 9.17) is 19.2 Å². The molecule has 0 N–H and O–H groups in total. The third-order valence-electron chi connectivity index (χ3n) is 6.32. The highest BCUT2D eigenvalue weighted by molar-refractivity contribution is 5.99. The van der Waals surface area contributed by atoms with Crippen molar-refractivity contribution in [1.29, 1.82) is 0 Å². The molecule has 0 aliphatic heterocycles. The summed E-state index contributed by atoms with van der Waals surface area (Å²) in [5.41, 5.74) is 1.27. The molecule has 0 radical (unpaired) electrons. The number of nitrogens with zero attached hydrogens (tertiary/aromatic N) is 4. The summed E-state index contributed by atoms with van der Waals surface area (Å²) in [5.74, 6) is -0.633. The Bertz CT molecular complexity index is 1880. The molecule has 0 spiro atoms. The average molecular weight is 539 g/mol. The van der Waals surface area contributed by atoms with Gasteiger partial charge < -0.3 is 18.8 Å². The van der Waals surface area contributed by atoms with Crippen molar-refractivity contribution < 1.29 is 23.8 Å². The van der Waals surface area contributed by atoms with Gasteiger partial charge in [0.15, 0.2) is 5.49 Å². The number of amides is 1. The number of aromatic nitrogens is 3. The van der Waals surface area contributed by atoms with E-state index in [-0.39, 0.29) is 52.1 Å². The van der Waals surface area contributed by atoms with Crippen molar-refractivity contribution in [3.63, 3.8) is 0 Å². The van der Waals surface area contributed by atoms with Gasteiger partial charge in [0.2, 0.25) is 0 Å². The van der Waals surface area contributed by atoms with E-state index in [0.29, 0.717) is 11.4 Å². The van der Waals surface area contributed by atoms with Crippen LogP contribution in [0.4, 0.5) is 0 Å². The number of carbonyl (C=O) groups excluding carboxylic acids is 2. The van der Waals surface area contributed by atoms with Gasteiger partial charge in [0.05, 0.1) is 38.3 Å². The van der Waals surface area contributed by atoms with Gasteiger partial charge in [-0.3, -0.25) is 14.0 Å². The monoisotopic (exact) mass is 538 g/mol. The molecule has 10 heteroatoms. The van der Waals surface area contributed by atoms with Crippen molar-refractivity contribution >= 4 is 28.6 Å². The van der Waals surface area contributed by atoms with Crippen LogP contribution < -0.4 is 20.5 Å². The number of pyridine rings is 2. The number of esters is 1. The lowest BCUT2D eigenvalue weighted by atomic mass is 10.1. The van der Waals surface area contributed by atoms with Crippen LogP contribution in [0.5, 0.6) is 11.5 Å². The fraction of sp³-hybridized carbons (Fsp3) is 0.167. The van der Waals surface area contributed by atoms with E-state index >= 15 is 0 Å². The SMILES string of the molecule is CCOC(=O)c1cc2c(=O)n3ccccc3nc2n(Cc2ccccc2)c1=NC(=O)c1ccc(OC)cc1OC. The Morgan fingerprint density at radius 3 is 2.42 bits per heavy atom. The quantitative estimate of drug-likeness (QED) is 0.230. The van der Waals surface area contributed by atoms with Crippen molar-refractivity contribution in [3.05, 3.63) is 112 Å². The zero-order chi connectivity index (χ0) is 28.2. The van der Waals surface area contributed by atoms with Crippen LogP contribution in [-0.4, -0.2) is 46.7 Å². The van der Waals surface area contributed by atoms with E-state index in [1.54, 1.807) is 48.0 Å². The van der Waals surface area contributed by atoms with Crippen LogP contribution in [0.3, 0.4) is 0 Å². The van der Waals surface area contributed by atoms with Crippen LogP contribution >= 0.6 is 0 Å². The third-order valence-corrected chi connectivity index (χ3v) is 6.32. The molecule has 3 heterocycles. The predicted molar refractivity (Wildman–Crippen MR) is 148 cm³/mol. The number of rotatable bonds is 7. The van der Waals surface area contributed by atoms with E-state index in [9.17, 15) is 14.4 Å². The number of methoxy groups -OCH3 is 2. The molecule has 0 saturated carbocycles. The summed E-state index contributed by atoms with van der Waals surface area (Å²) in [6, 6.07) is 20.7. The Morgan fingerprint density at radius 1 is 0.925 bits per heavy atom. The predicted octanol–water partition coefficient (Wildman–Crippen LogP) is 3.63. The second-order valence-corrected chi connectivity index (χ2v) is 8.74. The maximum Gasteiger partial charge on any atom is 0.341 e. The minimum atomic E-state index is -0.725. The lowest BCUT2D eigenvalue weighted by Gasteiger charge is -2.15. The molecule has 1 amide bonds. The minimum absolute atomic E-state index is 0.00450. The number of hydrogen-bond donors (Lipinski definition) is 0. The fourth-order valence-electron chi connectivity index (χ4n) is 4.40. The van der Waals surface area contributed by atoms with Gasteiger partial charge >= 0.3 is 5.97 Å². The van der Waals surface area contributed by atoms with E-state index in [1.165, 1.54) is 30.8 Å². The Balaban J connectivity index is 1.88. The van der Waals surface area contributed by atoms with Gasteiger partial charge in [-0.2, -0.15) is 4.99 Å². The van der Waals surface area contributed by atoms with Crippen molar-refractivity contribution in [2.75, 3.05) is 20.8 Å². The van der Waals surface area contributed by atoms with Crippen LogP contribution in [0.15, 0.2) is 88.8 Å². The first kappa shape index (κ1) is 26.4. The summed E-state index contributed by atoms with van der Waals surface area (Å²) in [7, 11) is 2.94. The molecule has 10 nitrogen and oxygen atoms in total. The normalized spacial score (nSPS) is 11.5. The van der Waals surface area contributed by atoms with Crippen LogP contribution in [0.2, 0.25) is 0 Å². The molecule has 5 rings (SSSR count). The largest absolute Gasteiger partial charge is 0.497 e. The first-order valence-electron chi connectivity index (χ1n) is 12.5. The summed E-state index contributed by atoms with van der Waals surface area (Å²) in [5, 5.41) is 0.177. The van der Waals surface area contributed by atoms with Gasteiger partial charge in [-0.25, -0.2) is 9.78 Å². The van der Waals surface area contributed by atoms with Crippen molar-refractivity contribution in [1.82, 2.24) is 14.0 Å². The highest BCUT2D eigenvalue weighted by Crippen LogP contribution is 2.25. The molecule has 0 atom stereocenters. The Labute approximate surface area is 228 Å². The van der Waals surface area contributed by atoms with Gasteiger partial charge in [0, 0.05) is 12.3 Å². The van der Waals surface area contributed by atoms with Gasteiger partial charge in [0.25, 0.3) is 11.5 Å². The molecular weight excluding hydrogens is 512 g/mol. The van der Waals surface area contributed by atoms with E-state index in [2.05, 4.69) is 4.99 Å². The minimum Gasteiger partial charge on any atom is -0.497 e. The molecule has 0 bridgehead atoms. The van der Waals surface area contributed by atoms with Gasteiger partial charge in [0.1, 0.15) is 28.4 Å². The highest BCUT2D eigenvalue weighted by atomic mass is 16.5. The molecule has 40 heavy (non-hydrogen) atoms. The second-order valence-electron chi connectivity index (χ2n) is 8.74. The first-order valence-corrected chi connectivity index (χ1v) is 12.5. The Hall–Kier alpha value is -5.25. The first-order chi connectivity index (χ1) is 19.4. The third kappa shape index (κ3) is 4.94. The molecule has 5 aromatic rings. The Morgan fingerprint density at radius 2 is 1.70 bits per heavy atom. The van der Waals surface area contributed by atoms with Crippen molar-refractivity contribution in [2.24, 2.45) is 4.99 Å². The van der Waals surface area contributed by atoms with Crippen molar-refractivity contribution in [2.45, 2.75) is 13.5 Å². The van der Waals surface area contributed by atoms with Crippen LogP contribution in [0, 0.1) is 0 Å². The fourth-order valence-corrected chi connectivity index (χ4v) is 4.40. The molecule has 202 valence electrons. The summed E-state index contributed by atoms with van der Waals surface area (Å²) in [6.07, 6.45) is 1.60. The molecule has 0 unspecified atom stereocenters. The smallest absolute Gasteiger partial charge is 0.341 e. The van der Waals surface area contributed by atoms with Crippen LogP contribution in [-0.2, 0) is 11.3 Å². The summed E-state index contributed by atoms with van der Waals surface area (Å²) in [4.78, 5) is 49.5. The number of carbonyl (C=O) groups is 2. The van der Waals surface area contributed by atoms with E-state index < -0.39 is 11.9 Å². The maximum atomic E-state index is 13.6. The molecule has 3 aromatic heterocycles. The molecular formula is C30H26N4O6. The van der Waals surface area contributed by atoms with Crippen LogP contribution in [0.1, 0.15) is 33.2 Å². The lowest BCUT2D eigenvalue weighted by molar-refractivity contribution is 0.0523. The molecule has 2 aromatic carbocycles. The second kappa shape index (κ2) is 11.2. The molecule has 0 fully saturated rings. The summed E-state index contributed by atoms with van der Waals surface area (Å²) < 4.78 is 19.0. The number of fused-ring (bicyclic) bond motifs is 2. The molecule has 0 aliphatic carbocycles. The number of ether oxygens (including phenoxy) is 3. The highest BCUT2D eigenvalue weighted by Gasteiger charge is 2.21. The molecule has 0 aliphatic rings. The summed E-state index contributed by atoms with van der Waals surface area (Å²) >= 11 is 0. The van der Waals surface area contributed by atoms with Gasteiger partial charge in [-0.15, -0.1) is 0 Å². The van der Waals surface area contributed by atoms with Gasteiger partial charge in [-0.1, -0.05) is 36.4 Å². The standard InChI is InChI=1S/C30H26N4O6/c1-4-40-30(37)23-17-22-26(31-25-12-8-9-15-33(25)29(22)36)34(18-19-10-6-5-7-11-19)27(23)32-28(35)21-14-13-20(38-2)16-24(21)39-3/h5-17H,4,18H2,1-3H3. The zero-order valence-corrected chi connectivity index (χ0v) is 22.2. The zero-order valence-electron chi connectivity index (χ0n) is 22.2. The number of benzene rings is 2. The van der Waals surface area contributed by atoms with Crippen LogP contribution in [0.25, 0.3) is 16.7 Å². The lowest BCUT2D eigenvalue weighted by Crippen LogP contribution is -2.33. The Kier molecular flexibility index (Phi) is 7.41. The van der Waals surface area contributed by atoms with E-state index in [1.807, 2.05) is 30.3 Å². The maximum absolute atomic E-state index is 13.6. The topological polar surface area (TPSA) is 113 Å². The van der Waals surface area contributed by atoms with E-state index in [0.717, 1.165) is 5.56 Å².